The highest BCUT2D eigenvalue weighted by atomic mass is 32.2. The summed E-state index contributed by atoms with van der Waals surface area (Å²) in [5, 5.41) is 0. The van der Waals surface area contributed by atoms with Crippen molar-refractivity contribution in [2.45, 2.75) is 31.5 Å². The van der Waals surface area contributed by atoms with E-state index in [0.717, 1.165) is 11.1 Å². The predicted octanol–water partition coefficient (Wildman–Crippen LogP) is 3.34. The molecule has 28 heavy (non-hydrogen) atoms. The Kier molecular flexibility index (Phi) is 9.60. The first-order valence-electron chi connectivity index (χ1n) is 9.24. The Bertz CT molecular complexity index is 774. The smallest absolute Gasteiger partial charge is 0.297 e. The Hall–Kier alpha value is -1.77. The fourth-order valence-electron chi connectivity index (χ4n) is 2.30. The molecule has 1 unspecified atom stereocenters. The number of aryl methyl sites for hydroxylation is 1. The van der Waals surface area contributed by atoms with Gasteiger partial charge in [0.2, 0.25) is 0 Å². The quantitative estimate of drug-likeness (QED) is 0.374. The molecule has 0 amide bonds. The van der Waals surface area contributed by atoms with Gasteiger partial charge < -0.3 is 14.2 Å². The molecule has 2 aromatic rings. The molecule has 6 nitrogen and oxygen atoms in total. The van der Waals surface area contributed by atoms with Crippen LogP contribution in [0.25, 0.3) is 0 Å². The molecule has 2 rings (SSSR count). The Morgan fingerprint density at radius 3 is 2.21 bits per heavy atom. The summed E-state index contributed by atoms with van der Waals surface area (Å²) < 4.78 is 45.7. The molecule has 0 radical (unpaired) electrons. The van der Waals surface area contributed by atoms with Crippen molar-refractivity contribution < 1.29 is 26.8 Å². The van der Waals surface area contributed by atoms with Gasteiger partial charge in [0, 0.05) is 0 Å². The highest BCUT2D eigenvalue weighted by Gasteiger charge is 2.16. The third-order valence-corrected chi connectivity index (χ3v) is 5.18. The molecule has 0 N–H and O–H groups in total. The van der Waals surface area contributed by atoms with Crippen molar-refractivity contribution in [2.24, 2.45) is 0 Å². The van der Waals surface area contributed by atoms with Gasteiger partial charge >= 0.3 is 0 Å². The number of ether oxygens (including phenoxy) is 3. The topological polar surface area (TPSA) is 71.1 Å². The second-order valence-corrected chi connectivity index (χ2v) is 8.00. The van der Waals surface area contributed by atoms with E-state index in [0.29, 0.717) is 33.0 Å². The van der Waals surface area contributed by atoms with Crippen LogP contribution in [0.15, 0.2) is 59.5 Å². The van der Waals surface area contributed by atoms with Gasteiger partial charge in [0.15, 0.2) is 0 Å². The summed E-state index contributed by atoms with van der Waals surface area (Å²) in [7, 11) is -3.77. The van der Waals surface area contributed by atoms with E-state index < -0.39 is 10.1 Å². The fourth-order valence-corrected chi connectivity index (χ4v) is 3.28. The minimum Gasteiger partial charge on any atom is -0.377 e. The van der Waals surface area contributed by atoms with Crippen LogP contribution in [-0.2, 0) is 35.1 Å². The van der Waals surface area contributed by atoms with E-state index in [4.69, 9.17) is 18.4 Å². The number of benzene rings is 2. The Morgan fingerprint density at radius 2 is 1.50 bits per heavy atom. The third-order valence-electron chi connectivity index (χ3n) is 3.88. The first-order chi connectivity index (χ1) is 13.5. The first-order valence-corrected chi connectivity index (χ1v) is 10.7. The number of hydrogen-bond donors (Lipinski definition) is 0. The lowest BCUT2D eigenvalue weighted by Gasteiger charge is -2.14. The van der Waals surface area contributed by atoms with Gasteiger partial charge in [0.1, 0.15) is 0 Å². The standard InChI is InChI=1S/C21H28O6S/c1-18-8-10-21(11-9-18)28(22,23)27-16-19(2)26-15-14-24-12-13-25-17-20-6-4-3-5-7-20/h3-11,19H,12-17H2,1-2H3. The second kappa shape index (κ2) is 11.9. The molecule has 0 aliphatic carbocycles. The van der Waals surface area contributed by atoms with Crippen LogP contribution in [0.2, 0.25) is 0 Å². The van der Waals surface area contributed by atoms with E-state index in [1.54, 1.807) is 19.1 Å². The van der Waals surface area contributed by atoms with Crippen molar-refractivity contribution in [3.8, 4) is 0 Å². The van der Waals surface area contributed by atoms with E-state index in [2.05, 4.69) is 0 Å². The van der Waals surface area contributed by atoms with Crippen LogP contribution < -0.4 is 0 Å². The van der Waals surface area contributed by atoms with Crippen LogP contribution in [0.4, 0.5) is 0 Å². The summed E-state index contributed by atoms with van der Waals surface area (Å²) in [5.41, 5.74) is 2.11. The Balaban J connectivity index is 1.51. The molecule has 2 aromatic carbocycles. The number of hydrogen-bond acceptors (Lipinski definition) is 6. The summed E-state index contributed by atoms with van der Waals surface area (Å²) in [6.07, 6.45) is -0.363. The molecule has 0 aliphatic heterocycles. The molecular weight excluding hydrogens is 380 g/mol. The molecule has 154 valence electrons. The Labute approximate surface area is 167 Å². The molecule has 0 aromatic heterocycles. The van der Waals surface area contributed by atoms with E-state index in [-0.39, 0.29) is 17.6 Å². The second-order valence-electron chi connectivity index (χ2n) is 6.38. The Morgan fingerprint density at radius 1 is 0.857 bits per heavy atom. The molecule has 0 saturated heterocycles. The van der Waals surface area contributed by atoms with Gasteiger partial charge in [-0.15, -0.1) is 0 Å². The zero-order valence-corrected chi connectivity index (χ0v) is 17.2. The van der Waals surface area contributed by atoms with Gasteiger partial charge in [0.25, 0.3) is 10.1 Å². The summed E-state index contributed by atoms with van der Waals surface area (Å²) >= 11 is 0. The van der Waals surface area contributed by atoms with Crippen LogP contribution in [0.5, 0.6) is 0 Å². The fraction of sp³-hybridized carbons (Fsp3) is 0.429. The van der Waals surface area contributed by atoms with Crippen LogP contribution in [0.3, 0.4) is 0 Å². The predicted molar refractivity (Wildman–Crippen MR) is 107 cm³/mol. The minimum atomic E-state index is -3.77. The van der Waals surface area contributed by atoms with Gasteiger partial charge in [-0.25, -0.2) is 0 Å². The van der Waals surface area contributed by atoms with Crippen LogP contribution in [0.1, 0.15) is 18.1 Å². The largest absolute Gasteiger partial charge is 0.377 e. The van der Waals surface area contributed by atoms with E-state index in [9.17, 15) is 8.42 Å². The maximum absolute atomic E-state index is 12.1. The minimum absolute atomic E-state index is 0.0452. The van der Waals surface area contributed by atoms with Gasteiger partial charge in [-0.2, -0.15) is 8.42 Å². The maximum Gasteiger partial charge on any atom is 0.297 e. The van der Waals surface area contributed by atoms with Crippen LogP contribution in [0, 0.1) is 6.92 Å². The van der Waals surface area contributed by atoms with Gasteiger partial charge in [0.05, 0.1) is 50.6 Å². The average Bonchev–Trinajstić information content (AvgIpc) is 2.69. The lowest BCUT2D eigenvalue weighted by molar-refractivity contribution is -0.0193. The van der Waals surface area contributed by atoms with Crippen molar-refractivity contribution in [3.63, 3.8) is 0 Å². The summed E-state index contributed by atoms with van der Waals surface area (Å²) in [5.74, 6) is 0. The van der Waals surface area contributed by atoms with Crippen molar-refractivity contribution in [3.05, 3.63) is 65.7 Å². The van der Waals surface area contributed by atoms with Crippen molar-refractivity contribution >= 4 is 10.1 Å². The van der Waals surface area contributed by atoms with Crippen LogP contribution in [-0.4, -0.2) is 47.6 Å². The molecule has 0 aliphatic rings. The summed E-state index contributed by atoms with van der Waals surface area (Å²) in [6, 6.07) is 16.5. The molecule has 0 bridgehead atoms. The van der Waals surface area contributed by atoms with E-state index in [1.807, 2.05) is 37.3 Å². The third kappa shape index (κ3) is 8.50. The lowest BCUT2D eigenvalue weighted by Crippen LogP contribution is -2.21. The number of rotatable bonds is 13. The molecule has 7 heteroatoms. The van der Waals surface area contributed by atoms with E-state index in [1.165, 1.54) is 12.1 Å². The average molecular weight is 409 g/mol. The van der Waals surface area contributed by atoms with E-state index >= 15 is 0 Å². The van der Waals surface area contributed by atoms with Crippen molar-refractivity contribution in [1.29, 1.82) is 0 Å². The molecule has 0 saturated carbocycles. The summed E-state index contributed by atoms with van der Waals surface area (Å²) in [4.78, 5) is 0.143. The zero-order chi connectivity index (χ0) is 20.2. The highest BCUT2D eigenvalue weighted by Crippen LogP contribution is 2.13. The molecular formula is C21H28O6S. The summed E-state index contributed by atoms with van der Waals surface area (Å²) in [6.45, 7) is 5.90. The van der Waals surface area contributed by atoms with Gasteiger partial charge in [-0.05, 0) is 31.5 Å². The zero-order valence-electron chi connectivity index (χ0n) is 16.4. The van der Waals surface area contributed by atoms with Gasteiger partial charge in [-0.1, -0.05) is 48.0 Å². The normalized spacial score (nSPS) is 12.8. The van der Waals surface area contributed by atoms with Crippen molar-refractivity contribution in [1.82, 2.24) is 0 Å². The molecule has 0 heterocycles. The maximum atomic E-state index is 12.1. The first kappa shape index (κ1) is 22.5. The lowest BCUT2D eigenvalue weighted by atomic mass is 10.2. The molecule has 0 spiro atoms. The molecule has 0 fully saturated rings. The highest BCUT2D eigenvalue weighted by molar-refractivity contribution is 7.86. The van der Waals surface area contributed by atoms with Gasteiger partial charge in [-0.3, -0.25) is 4.18 Å². The van der Waals surface area contributed by atoms with Crippen LogP contribution >= 0.6 is 0 Å². The SMILES string of the molecule is Cc1ccc(S(=O)(=O)OCC(C)OCCOCCOCc2ccccc2)cc1. The van der Waals surface area contributed by atoms with Crippen molar-refractivity contribution in [2.75, 3.05) is 33.0 Å². The monoisotopic (exact) mass is 408 g/mol. The molecule has 1 atom stereocenters.